The highest BCUT2D eigenvalue weighted by molar-refractivity contribution is 5.92. The molecule has 0 amide bonds. The highest BCUT2D eigenvalue weighted by Crippen LogP contribution is 2.28. The second-order valence-corrected chi connectivity index (χ2v) is 6.59. The third-order valence-electron chi connectivity index (χ3n) is 4.60. The van der Waals surface area contributed by atoms with Crippen molar-refractivity contribution >= 4 is 22.8 Å². The Morgan fingerprint density at radius 1 is 1.04 bits per heavy atom. The fourth-order valence-electron chi connectivity index (χ4n) is 3.08. The average Bonchev–Trinajstić information content (AvgIpc) is 2.73. The molecule has 138 valence electrons. The number of aryl methyl sites for hydroxylation is 1. The quantitative estimate of drug-likeness (QED) is 0.534. The summed E-state index contributed by atoms with van der Waals surface area (Å²) in [5.41, 5.74) is 10.9. The summed E-state index contributed by atoms with van der Waals surface area (Å²) in [6.45, 7) is 2.26. The molecule has 0 aliphatic rings. The van der Waals surface area contributed by atoms with E-state index in [1.165, 1.54) is 0 Å². The van der Waals surface area contributed by atoms with Crippen LogP contribution in [0, 0.1) is 6.92 Å². The number of hydrogen-bond acceptors (Lipinski definition) is 5. The third-order valence-corrected chi connectivity index (χ3v) is 4.60. The molecule has 4 rings (SSSR count). The number of carbonyl (C=O) groups excluding carboxylic acids is 1. The van der Waals surface area contributed by atoms with Gasteiger partial charge in [-0.3, -0.25) is 0 Å². The molecule has 3 aromatic carbocycles. The first-order chi connectivity index (χ1) is 13.6. The summed E-state index contributed by atoms with van der Waals surface area (Å²) in [5, 5.41) is 0.892. The highest BCUT2D eigenvalue weighted by atomic mass is 16.5. The molecule has 0 saturated heterocycles. The number of ether oxygens (including phenoxy) is 1. The molecule has 0 aliphatic carbocycles. The van der Waals surface area contributed by atoms with Crippen molar-refractivity contribution in [2.24, 2.45) is 0 Å². The first kappa shape index (κ1) is 17.7. The van der Waals surface area contributed by atoms with E-state index in [1.54, 1.807) is 12.3 Å². The van der Waals surface area contributed by atoms with Crippen LogP contribution in [0.5, 0.6) is 0 Å². The first-order valence-corrected chi connectivity index (χ1v) is 8.94. The van der Waals surface area contributed by atoms with Crippen molar-refractivity contribution in [2.45, 2.75) is 13.5 Å². The average molecular weight is 369 g/mol. The number of anilines is 1. The highest BCUT2D eigenvalue weighted by Gasteiger charge is 2.12. The van der Waals surface area contributed by atoms with Gasteiger partial charge in [0.25, 0.3) is 0 Å². The normalized spacial score (nSPS) is 10.8. The maximum atomic E-state index is 12.5. The first-order valence-electron chi connectivity index (χ1n) is 8.94. The van der Waals surface area contributed by atoms with E-state index < -0.39 is 0 Å². The van der Waals surface area contributed by atoms with Crippen LogP contribution >= 0.6 is 0 Å². The smallest absolute Gasteiger partial charge is 0.338 e. The summed E-state index contributed by atoms with van der Waals surface area (Å²) in [6, 6.07) is 21.1. The summed E-state index contributed by atoms with van der Waals surface area (Å²) in [5.74, 6) is -0.0958. The molecule has 2 N–H and O–H groups in total. The van der Waals surface area contributed by atoms with Crippen LogP contribution in [0.3, 0.4) is 0 Å². The molecule has 5 nitrogen and oxygen atoms in total. The molecule has 1 heterocycles. The van der Waals surface area contributed by atoms with E-state index in [1.807, 2.05) is 67.6 Å². The Balaban J connectivity index is 1.61. The molecule has 5 heteroatoms. The summed E-state index contributed by atoms with van der Waals surface area (Å²) >= 11 is 0. The van der Waals surface area contributed by atoms with E-state index in [-0.39, 0.29) is 18.5 Å². The fraction of sp³-hybridized carbons (Fsp3) is 0.0870. The number of carbonyl (C=O) groups is 1. The number of nitrogen functional groups attached to an aromatic ring is 1. The maximum absolute atomic E-state index is 12.5. The standard InChI is InChI=1S/C23H19N3O2/c1-15-7-8-18(22(27)28-14-16-5-3-2-4-6-16)12-20(15)17-9-10-21-19(11-17)13-25-23(24)26-21/h2-13H,14H2,1H3,(H2,24,25,26). The Morgan fingerprint density at radius 2 is 1.86 bits per heavy atom. The van der Waals surface area contributed by atoms with Crippen molar-refractivity contribution in [2.75, 3.05) is 5.73 Å². The Morgan fingerprint density at radius 3 is 2.68 bits per heavy atom. The lowest BCUT2D eigenvalue weighted by atomic mass is 9.97. The van der Waals surface area contributed by atoms with Crippen LogP contribution in [0.25, 0.3) is 22.0 Å². The molecule has 0 unspecified atom stereocenters. The van der Waals surface area contributed by atoms with Crippen molar-refractivity contribution in [3.05, 3.63) is 89.6 Å². The molecule has 4 aromatic rings. The zero-order chi connectivity index (χ0) is 19.5. The topological polar surface area (TPSA) is 78.1 Å². The van der Waals surface area contributed by atoms with Crippen LogP contribution in [0.1, 0.15) is 21.5 Å². The van der Waals surface area contributed by atoms with E-state index in [9.17, 15) is 4.79 Å². The van der Waals surface area contributed by atoms with Crippen molar-refractivity contribution in [3.8, 4) is 11.1 Å². The Hall–Kier alpha value is -3.73. The number of benzene rings is 3. The number of esters is 1. The van der Waals surface area contributed by atoms with E-state index in [0.29, 0.717) is 5.56 Å². The summed E-state index contributed by atoms with van der Waals surface area (Å²) in [4.78, 5) is 20.8. The van der Waals surface area contributed by atoms with Gasteiger partial charge in [-0.1, -0.05) is 42.5 Å². The summed E-state index contributed by atoms with van der Waals surface area (Å²) in [7, 11) is 0. The van der Waals surface area contributed by atoms with Crippen LogP contribution in [0.2, 0.25) is 0 Å². The molecule has 0 spiro atoms. The van der Waals surface area contributed by atoms with Crippen LogP contribution < -0.4 is 5.73 Å². The van der Waals surface area contributed by atoms with Gasteiger partial charge in [-0.05, 0) is 53.4 Å². The van der Waals surface area contributed by atoms with E-state index >= 15 is 0 Å². The van der Waals surface area contributed by atoms with E-state index in [2.05, 4.69) is 9.97 Å². The molecule has 0 saturated carbocycles. The molecule has 0 bridgehead atoms. The van der Waals surface area contributed by atoms with Gasteiger partial charge >= 0.3 is 5.97 Å². The molecule has 28 heavy (non-hydrogen) atoms. The lowest BCUT2D eigenvalue weighted by molar-refractivity contribution is 0.0473. The fourth-order valence-corrected chi connectivity index (χ4v) is 3.08. The molecular formula is C23H19N3O2. The molecular weight excluding hydrogens is 350 g/mol. The van der Waals surface area contributed by atoms with Crippen molar-refractivity contribution in [3.63, 3.8) is 0 Å². The van der Waals surface area contributed by atoms with Crippen molar-refractivity contribution < 1.29 is 9.53 Å². The van der Waals surface area contributed by atoms with Gasteiger partial charge < -0.3 is 10.5 Å². The molecule has 1 aromatic heterocycles. The molecule has 0 fully saturated rings. The predicted molar refractivity (Wildman–Crippen MR) is 110 cm³/mol. The lowest BCUT2D eigenvalue weighted by Gasteiger charge is -2.10. The number of fused-ring (bicyclic) bond motifs is 1. The van der Waals surface area contributed by atoms with Gasteiger partial charge in [-0.25, -0.2) is 14.8 Å². The zero-order valence-electron chi connectivity index (χ0n) is 15.4. The lowest BCUT2D eigenvalue weighted by Crippen LogP contribution is -2.05. The predicted octanol–water partition coefficient (Wildman–Crippen LogP) is 4.54. The van der Waals surface area contributed by atoms with Crippen LogP contribution in [-0.2, 0) is 11.3 Å². The van der Waals surface area contributed by atoms with Gasteiger partial charge in [-0.15, -0.1) is 0 Å². The minimum absolute atomic E-state index is 0.248. The number of rotatable bonds is 4. The second-order valence-electron chi connectivity index (χ2n) is 6.59. The zero-order valence-corrected chi connectivity index (χ0v) is 15.4. The van der Waals surface area contributed by atoms with Gasteiger partial charge in [0, 0.05) is 11.6 Å². The minimum Gasteiger partial charge on any atom is -0.457 e. The molecule has 0 radical (unpaired) electrons. The number of nitrogens with two attached hydrogens (primary N) is 1. The monoisotopic (exact) mass is 369 g/mol. The van der Waals surface area contributed by atoms with Crippen molar-refractivity contribution in [1.82, 2.24) is 9.97 Å². The van der Waals surface area contributed by atoms with E-state index in [4.69, 9.17) is 10.5 Å². The van der Waals surface area contributed by atoms with E-state index in [0.717, 1.165) is 33.2 Å². The van der Waals surface area contributed by atoms with Gasteiger partial charge in [0.05, 0.1) is 11.1 Å². The van der Waals surface area contributed by atoms with Gasteiger partial charge in [-0.2, -0.15) is 0 Å². The molecule has 0 aliphatic heterocycles. The maximum Gasteiger partial charge on any atom is 0.338 e. The summed E-state index contributed by atoms with van der Waals surface area (Å²) in [6.07, 6.45) is 1.70. The molecule has 0 atom stereocenters. The third kappa shape index (κ3) is 3.69. The Labute approximate surface area is 162 Å². The Kier molecular flexibility index (Phi) is 4.72. The minimum atomic E-state index is -0.345. The Bertz CT molecular complexity index is 1160. The van der Waals surface area contributed by atoms with Gasteiger partial charge in [0.15, 0.2) is 0 Å². The van der Waals surface area contributed by atoms with Gasteiger partial charge in [0.2, 0.25) is 5.95 Å². The van der Waals surface area contributed by atoms with Crippen LogP contribution in [-0.4, -0.2) is 15.9 Å². The van der Waals surface area contributed by atoms with Crippen molar-refractivity contribution in [1.29, 1.82) is 0 Å². The summed E-state index contributed by atoms with van der Waals surface area (Å²) < 4.78 is 5.46. The largest absolute Gasteiger partial charge is 0.457 e. The number of hydrogen-bond donors (Lipinski definition) is 1. The number of aromatic nitrogens is 2. The number of nitrogens with zero attached hydrogens (tertiary/aromatic N) is 2. The van der Waals surface area contributed by atoms with Crippen LogP contribution in [0.15, 0.2) is 72.9 Å². The van der Waals surface area contributed by atoms with Crippen LogP contribution in [0.4, 0.5) is 5.95 Å². The SMILES string of the molecule is Cc1ccc(C(=O)OCc2ccccc2)cc1-c1ccc2nc(N)ncc2c1. The van der Waals surface area contributed by atoms with Gasteiger partial charge in [0.1, 0.15) is 6.61 Å². The second kappa shape index (κ2) is 7.48.